The van der Waals surface area contributed by atoms with E-state index in [-0.39, 0.29) is 13.1 Å². The Morgan fingerprint density at radius 2 is 1.67 bits per heavy atom. The molecule has 0 radical (unpaired) electrons. The Hall–Kier alpha value is -3.77. The third kappa shape index (κ3) is 8.94. The van der Waals surface area contributed by atoms with Crippen molar-refractivity contribution in [1.29, 1.82) is 0 Å². The maximum Gasteiger partial charge on any atom is 0.412 e. The second-order valence-electron chi connectivity index (χ2n) is 13.1. The van der Waals surface area contributed by atoms with E-state index in [0.29, 0.717) is 35.5 Å². The highest BCUT2D eigenvalue weighted by atomic mass is 32.2. The number of anilines is 1. The molecule has 2 atom stereocenters. The first-order valence-corrected chi connectivity index (χ1v) is 16.7. The number of likely N-dealkylation sites (N-methyl/N-ethyl adjacent to an activating group) is 1. The summed E-state index contributed by atoms with van der Waals surface area (Å²) in [7, 11) is 3.01. The van der Waals surface area contributed by atoms with Gasteiger partial charge in [0.1, 0.15) is 17.2 Å². The molecule has 252 valence electrons. The molecule has 0 aliphatic carbocycles. The van der Waals surface area contributed by atoms with Crippen molar-refractivity contribution in [3.8, 4) is 11.1 Å². The molecule has 1 aliphatic heterocycles. The number of carbonyl (C=O) groups excluding carboxylic acids is 4. The smallest absolute Gasteiger partial charge is 0.412 e. The van der Waals surface area contributed by atoms with Gasteiger partial charge in [0, 0.05) is 37.9 Å². The van der Waals surface area contributed by atoms with Gasteiger partial charge in [-0.1, -0.05) is 30.3 Å². The van der Waals surface area contributed by atoms with Gasteiger partial charge in [-0.25, -0.2) is 14.4 Å². The number of rotatable bonds is 10. The van der Waals surface area contributed by atoms with Crippen molar-refractivity contribution in [2.75, 3.05) is 50.7 Å². The van der Waals surface area contributed by atoms with Gasteiger partial charge < -0.3 is 29.7 Å². The number of hydrogen-bond acceptors (Lipinski definition) is 10. The highest BCUT2D eigenvalue weighted by Gasteiger charge is 2.55. The van der Waals surface area contributed by atoms with E-state index in [9.17, 15) is 19.2 Å². The second kappa shape index (κ2) is 15.2. The van der Waals surface area contributed by atoms with Crippen LogP contribution in [0.25, 0.3) is 11.1 Å². The number of thioether (sulfide) groups is 1. The first-order valence-electron chi connectivity index (χ1n) is 15.3. The van der Waals surface area contributed by atoms with Crippen LogP contribution in [0, 0.1) is 0 Å². The number of methoxy groups -OCH3 is 1. The van der Waals surface area contributed by atoms with Crippen molar-refractivity contribution in [3.05, 3.63) is 54.1 Å². The molecule has 1 saturated heterocycles. The van der Waals surface area contributed by atoms with Gasteiger partial charge in [0.05, 0.1) is 7.11 Å². The Balaban J connectivity index is 2.17. The molecular formula is C34H48N4O7S. The van der Waals surface area contributed by atoms with Crippen LogP contribution in [0.3, 0.4) is 0 Å². The van der Waals surface area contributed by atoms with Gasteiger partial charge in [0.2, 0.25) is 5.66 Å². The topological polar surface area (TPSA) is 127 Å². The molecule has 0 spiro atoms. The average molecular weight is 657 g/mol. The van der Waals surface area contributed by atoms with Crippen LogP contribution in [0.1, 0.15) is 58.3 Å². The van der Waals surface area contributed by atoms with Gasteiger partial charge in [0.15, 0.2) is 0 Å². The zero-order valence-corrected chi connectivity index (χ0v) is 29.2. The van der Waals surface area contributed by atoms with E-state index in [2.05, 4.69) is 10.6 Å². The van der Waals surface area contributed by atoms with Gasteiger partial charge in [-0.15, -0.1) is 0 Å². The number of nitrogens with zero attached hydrogens (tertiary/aromatic N) is 2. The number of esters is 2. The van der Waals surface area contributed by atoms with E-state index in [1.54, 1.807) is 83.5 Å². The van der Waals surface area contributed by atoms with Crippen LogP contribution in [0.5, 0.6) is 0 Å². The minimum atomic E-state index is -1.63. The second-order valence-corrected chi connectivity index (χ2v) is 14.1. The largest absolute Gasteiger partial charge is 0.467 e. The fraction of sp³-hybridized carbons (Fsp3) is 0.529. The van der Waals surface area contributed by atoms with E-state index >= 15 is 0 Å². The molecule has 2 aromatic rings. The summed E-state index contributed by atoms with van der Waals surface area (Å²) in [6.45, 7) is 11.3. The number of carbonyl (C=O) groups is 4. The van der Waals surface area contributed by atoms with Crippen molar-refractivity contribution in [2.45, 2.75) is 70.9 Å². The molecule has 2 aromatic carbocycles. The predicted octanol–water partition coefficient (Wildman–Crippen LogP) is 4.69. The summed E-state index contributed by atoms with van der Waals surface area (Å²) in [6, 6.07) is 13.7. The van der Waals surface area contributed by atoms with Gasteiger partial charge >= 0.3 is 18.0 Å². The molecular weight excluding hydrogens is 608 g/mol. The molecule has 1 aliphatic rings. The van der Waals surface area contributed by atoms with E-state index in [1.165, 1.54) is 12.0 Å². The predicted molar refractivity (Wildman–Crippen MR) is 181 cm³/mol. The molecule has 1 unspecified atom stereocenters. The molecule has 2 amide bonds. The molecule has 0 aromatic heterocycles. The summed E-state index contributed by atoms with van der Waals surface area (Å²) < 4.78 is 16.7. The number of benzene rings is 2. The van der Waals surface area contributed by atoms with Crippen LogP contribution in [-0.4, -0.2) is 97.5 Å². The molecule has 0 saturated carbocycles. The lowest BCUT2D eigenvalue weighted by Crippen LogP contribution is -2.75. The van der Waals surface area contributed by atoms with Gasteiger partial charge in [-0.3, -0.25) is 9.69 Å². The SMILES string of the molecule is COC(=O)[C@H](CCSC)NC(=O)c1ccc(N(C)C2(C(=O)OC(C)(C)C)CNCCN2C(=O)OC(C)(C)C)cc1-c1ccccc1. The van der Waals surface area contributed by atoms with Crippen LogP contribution in [0.2, 0.25) is 0 Å². The monoisotopic (exact) mass is 656 g/mol. The highest BCUT2D eigenvalue weighted by molar-refractivity contribution is 7.98. The lowest BCUT2D eigenvalue weighted by molar-refractivity contribution is -0.170. The summed E-state index contributed by atoms with van der Waals surface area (Å²) >= 11 is 1.57. The van der Waals surface area contributed by atoms with Crippen LogP contribution in [-0.2, 0) is 23.8 Å². The maximum atomic E-state index is 14.2. The van der Waals surface area contributed by atoms with E-state index in [1.807, 2.05) is 36.6 Å². The Bertz CT molecular complexity index is 1390. The third-order valence-electron chi connectivity index (χ3n) is 7.35. The van der Waals surface area contributed by atoms with Crippen molar-refractivity contribution in [2.24, 2.45) is 0 Å². The first-order chi connectivity index (χ1) is 21.5. The van der Waals surface area contributed by atoms with Crippen molar-refractivity contribution >= 4 is 41.4 Å². The molecule has 11 nitrogen and oxygen atoms in total. The van der Waals surface area contributed by atoms with E-state index in [4.69, 9.17) is 14.2 Å². The van der Waals surface area contributed by atoms with Gasteiger partial charge in [-0.05, 0) is 89.3 Å². The third-order valence-corrected chi connectivity index (χ3v) is 7.99. The fourth-order valence-corrected chi connectivity index (χ4v) is 5.62. The van der Waals surface area contributed by atoms with Crippen molar-refractivity contribution < 1.29 is 33.4 Å². The number of nitrogens with one attached hydrogen (secondary N) is 2. The van der Waals surface area contributed by atoms with Gasteiger partial charge in [-0.2, -0.15) is 11.8 Å². The van der Waals surface area contributed by atoms with Crippen LogP contribution in [0.15, 0.2) is 48.5 Å². The Morgan fingerprint density at radius 1 is 1.02 bits per heavy atom. The molecule has 1 fully saturated rings. The maximum absolute atomic E-state index is 14.2. The minimum absolute atomic E-state index is 0.0663. The zero-order chi connectivity index (χ0) is 34.3. The normalized spacial score (nSPS) is 17.5. The fourth-order valence-electron chi connectivity index (χ4n) is 5.14. The molecule has 46 heavy (non-hydrogen) atoms. The lowest BCUT2D eigenvalue weighted by atomic mass is 9.96. The number of hydrogen-bond donors (Lipinski definition) is 2. The Kier molecular flexibility index (Phi) is 12.1. The number of ether oxygens (including phenoxy) is 3. The lowest BCUT2D eigenvalue weighted by Gasteiger charge is -2.51. The van der Waals surface area contributed by atoms with Crippen molar-refractivity contribution in [1.82, 2.24) is 15.5 Å². The standard InChI is InChI=1S/C34H48N4O7S/c1-32(2,3)44-30(41)34(22-35-18-19-38(34)31(42)45-33(4,5)6)37(7)24-15-16-25(26(21-24)23-13-11-10-12-14-23)28(39)36-27(17-20-46-9)29(40)43-8/h10-16,21,27,35H,17-20,22H2,1-9H3,(H,36,39)/t27-,34?/m0/s1. The first kappa shape index (κ1) is 36.7. The number of amides is 2. The van der Waals surface area contributed by atoms with Crippen LogP contribution < -0.4 is 15.5 Å². The molecule has 3 rings (SSSR count). The summed E-state index contributed by atoms with van der Waals surface area (Å²) in [5, 5.41) is 6.11. The summed E-state index contributed by atoms with van der Waals surface area (Å²) in [4.78, 5) is 57.2. The molecule has 2 N–H and O–H groups in total. The van der Waals surface area contributed by atoms with Gasteiger partial charge in [0.25, 0.3) is 5.91 Å². The highest BCUT2D eigenvalue weighted by Crippen LogP contribution is 2.35. The van der Waals surface area contributed by atoms with E-state index in [0.717, 1.165) is 5.56 Å². The Morgan fingerprint density at radius 3 is 2.26 bits per heavy atom. The van der Waals surface area contributed by atoms with E-state index < -0.39 is 46.8 Å². The average Bonchev–Trinajstić information content (AvgIpc) is 3.00. The zero-order valence-electron chi connectivity index (χ0n) is 28.4. The molecule has 12 heteroatoms. The summed E-state index contributed by atoms with van der Waals surface area (Å²) in [5.41, 5.74) is -1.07. The minimum Gasteiger partial charge on any atom is -0.467 e. The molecule has 0 bridgehead atoms. The molecule has 1 heterocycles. The van der Waals surface area contributed by atoms with Crippen LogP contribution in [0.4, 0.5) is 10.5 Å². The van der Waals surface area contributed by atoms with Crippen molar-refractivity contribution in [3.63, 3.8) is 0 Å². The summed E-state index contributed by atoms with van der Waals surface area (Å²) in [5.74, 6) is -0.935. The summed E-state index contributed by atoms with van der Waals surface area (Å²) in [6.07, 6.45) is 1.69. The van der Waals surface area contributed by atoms with Crippen LogP contribution >= 0.6 is 11.8 Å². The quantitative estimate of drug-likeness (QED) is 0.275. The Labute approximate surface area is 276 Å². The number of piperazine rings is 1.